The van der Waals surface area contributed by atoms with Crippen molar-refractivity contribution in [3.63, 3.8) is 0 Å². The van der Waals surface area contributed by atoms with Gasteiger partial charge in [0.2, 0.25) is 5.91 Å². The number of nitrogens with one attached hydrogen (secondary N) is 1. The van der Waals surface area contributed by atoms with Crippen molar-refractivity contribution >= 4 is 11.5 Å². The Bertz CT molecular complexity index is 596. The Morgan fingerprint density at radius 1 is 1.46 bits per heavy atom. The molecule has 1 fully saturated rings. The normalized spacial score (nSPS) is 18.9. The van der Waals surface area contributed by atoms with Crippen LogP contribution in [0.5, 0.6) is 0 Å². The van der Waals surface area contributed by atoms with Gasteiger partial charge < -0.3 is 15.2 Å². The van der Waals surface area contributed by atoms with Crippen LogP contribution in [0.2, 0.25) is 0 Å². The quantitative estimate of drug-likeness (QED) is 0.772. The van der Waals surface area contributed by atoms with Crippen LogP contribution in [0.15, 0.2) is 30.3 Å². The molecule has 2 N–H and O–H groups in total. The van der Waals surface area contributed by atoms with Crippen molar-refractivity contribution in [1.29, 1.82) is 0 Å². The molecule has 0 bridgehead atoms. The van der Waals surface area contributed by atoms with Gasteiger partial charge in [0.25, 0.3) is 0 Å². The Hall–Kier alpha value is -1.76. The summed E-state index contributed by atoms with van der Waals surface area (Å²) in [5.41, 5.74) is 0.304. The van der Waals surface area contributed by atoms with Gasteiger partial charge in [-0.05, 0) is 37.1 Å². The molecule has 0 saturated carbocycles. The molecule has 0 spiro atoms. The molecular formula is C18H25FN2O3. The number of carbonyl (C=O) groups is 1. The molecule has 2 rings (SSSR count). The highest BCUT2D eigenvalue weighted by Gasteiger charge is 2.25. The van der Waals surface area contributed by atoms with Crippen LogP contribution in [-0.2, 0) is 9.53 Å². The molecule has 1 aromatic rings. The second-order valence-electron chi connectivity index (χ2n) is 6.44. The van der Waals surface area contributed by atoms with E-state index >= 15 is 0 Å². The molecule has 6 heteroatoms. The van der Waals surface area contributed by atoms with E-state index in [9.17, 15) is 14.3 Å². The van der Waals surface area contributed by atoms with E-state index in [-0.39, 0.29) is 18.3 Å². The van der Waals surface area contributed by atoms with Gasteiger partial charge in [0, 0.05) is 32.3 Å². The lowest BCUT2D eigenvalue weighted by Gasteiger charge is -2.33. The molecular weight excluding hydrogens is 311 g/mol. The fourth-order valence-corrected chi connectivity index (χ4v) is 2.64. The minimum Gasteiger partial charge on any atom is -0.387 e. The topological polar surface area (TPSA) is 61.8 Å². The van der Waals surface area contributed by atoms with E-state index in [1.54, 1.807) is 26.0 Å². The zero-order chi connectivity index (χ0) is 17.6. The molecule has 1 unspecified atom stereocenters. The Morgan fingerprint density at radius 3 is 2.83 bits per heavy atom. The van der Waals surface area contributed by atoms with E-state index in [0.717, 1.165) is 13.1 Å². The van der Waals surface area contributed by atoms with E-state index < -0.39 is 5.60 Å². The Balaban J connectivity index is 1.86. The summed E-state index contributed by atoms with van der Waals surface area (Å²) in [6.45, 7) is 6.97. The molecule has 0 radical (unpaired) electrons. The molecule has 24 heavy (non-hydrogen) atoms. The number of carbonyl (C=O) groups excluding carboxylic acids is 1. The van der Waals surface area contributed by atoms with Crippen LogP contribution >= 0.6 is 0 Å². The van der Waals surface area contributed by atoms with Gasteiger partial charge in [-0.25, -0.2) is 4.39 Å². The number of aliphatic hydroxyl groups is 1. The Morgan fingerprint density at radius 2 is 2.17 bits per heavy atom. The lowest BCUT2D eigenvalue weighted by molar-refractivity contribution is -0.117. The van der Waals surface area contributed by atoms with Gasteiger partial charge in [0.1, 0.15) is 5.82 Å². The van der Waals surface area contributed by atoms with Crippen LogP contribution in [0, 0.1) is 5.82 Å². The van der Waals surface area contributed by atoms with Gasteiger partial charge in [-0.2, -0.15) is 0 Å². The monoisotopic (exact) mass is 336 g/mol. The first-order valence-corrected chi connectivity index (χ1v) is 8.10. The third kappa shape index (κ3) is 6.03. The predicted molar refractivity (Wildman–Crippen MR) is 90.9 cm³/mol. The number of morpholine rings is 1. The number of rotatable bonds is 6. The predicted octanol–water partition coefficient (Wildman–Crippen LogP) is 1.43. The van der Waals surface area contributed by atoms with Crippen molar-refractivity contribution in [3.05, 3.63) is 41.7 Å². The summed E-state index contributed by atoms with van der Waals surface area (Å²) < 4.78 is 18.5. The molecule has 5 nitrogen and oxygen atoms in total. The number of allylic oxidation sites excluding steroid dienone is 1. The molecule has 0 aliphatic carbocycles. The number of nitrogens with zero attached hydrogens (tertiary/aromatic N) is 1. The van der Waals surface area contributed by atoms with Crippen LogP contribution in [0.3, 0.4) is 0 Å². The van der Waals surface area contributed by atoms with E-state index in [2.05, 4.69) is 10.2 Å². The fourth-order valence-electron chi connectivity index (χ4n) is 2.64. The third-order valence-electron chi connectivity index (χ3n) is 3.94. The second kappa shape index (κ2) is 8.37. The van der Waals surface area contributed by atoms with Crippen molar-refractivity contribution in [3.8, 4) is 0 Å². The summed E-state index contributed by atoms with van der Waals surface area (Å²) in [7, 11) is 0. The van der Waals surface area contributed by atoms with Gasteiger partial charge in [-0.3, -0.25) is 9.69 Å². The Labute approximate surface area is 142 Å². The lowest BCUT2D eigenvalue weighted by Crippen LogP contribution is -2.51. The van der Waals surface area contributed by atoms with Gasteiger partial charge in [0.15, 0.2) is 0 Å². The van der Waals surface area contributed by atoms with Crippen molar-refractivity contribution in [2.45, 2.75) is 19.4 Å². The van der Waals surface area contributed by atoms with Gasteiger partial charge >= 0.3 is 0 Å². The molecule has 1 amide bonds. The Kier molecular flexibility index (Phi) is 6.48. The number of halogens is 1. The van der Waals surface area contributed by atoms with E-state index in [1.165, 1.54) is 18.2 Å². The average Bonchev–Trinajstić information content (AvgIpc) is 2.53. The van der Waals surface area contributed by atoms with Gasteiger partial charge in [-0.1, -0.05) is 12.1 Å². The maximum absolute atomic E-state index is 13.2. The number of hydrogen-bond donors (Lipinski definition) is 2. The first kappa shape index (κ1) is 18.6. The second-order valence-corrected chi connectivity index (χ2v) is 6.44. The van der Waals surface area contributed by atoms with Crippen LogP contribution in [0.1, 0.15) is 19.4 Å². The van der Waals surface area contributed by atoms with E-state index in [0.29, 0.717) is 30.9 Å². The number of amides is 1. The molecule has 1 heterocycles. The van der Waals surface area contributed by atoms with Crippen molar-refractivity contribution < 1.29 is 19.0 Å². The summed E-state index contributed by atoms with van der Waals surface area (Å²) in [6, 6.07) is 6.09. The summed E-state index contributed by atoms with van der Waals surface area (Å²) in [5.74, 6) is -0.645. The average molecular weight is 336 g/mol. The van der Waals surface area contributed by atoms with Crippen molar-refractivity contribution in [1.82, 2.24) is 10.2 Å². The number of β-amino-alcohol motifs (C(OH)–C–C–N with tert-alkyl or cyclic N) is 1. The number of hydrogen-bond acceptors (Lipinski definition) is 4. The van der Waals surface area contributed by atoms with Crippen LogP contribution in [0.4, 0.5) is 4.39 Å². The minimum atomic E-state index is -1.02. The maximum atomic E-state index is 13.2. The SMILES string of the molecule is CC(=CC(=O)NCC(C)(O)CN1CCOCC1)c1cccc(F)c1. The van der Waals surface area contributed by atoms with E-state index in [4.69, 9.17) is 4.74 Å². The molecule has 132 valence electrons. The lowest BCUT2D eigenvalue weighted by atomic mass is 10.1. The maximum Gasteiger partial charge on any atom is 0.244 e. The molecule has 0 aromatic heterocycles. The zero-order valence-corrected chi connectivity index (χ0v) is 14.2. The smallest absolute Gasteiger partial charge is 0.244 e. The summed E-state index contributed by atoms with van der Waals surface area (Å²) in [5, 5.41) is 13.1. The van der Waals surface area contributed by atoms with Crippen LogP contribution in [0.25, 0.3) is 5.57 Å². The molecule has 1 atom stereocenters. The highest BCUT2D eigenvalue weighted by Crippen LogP contribution is 2.14. The molecule has 1 aromatic carbocycles. The van der Waals surface area contributed by atoms with Crippen molar-refractivity contribution in [2.24, 2.45) is 0 Å². The molecule has 1 saturated heterocycles. The van der Waals surface area contributed by atoms with Crippen LogP contribution < -0.4 is 5.32 Å². The minimum absolute atomic E-state index is 0.149. The number of benzene rings is 1. The van der Waals surface area contributed by atoms with E-state index in [1.807, 2.05) is 0 Å². The standard InChI is InChI=1S/C18H25FN2O3/c1-14(15-4-3-5-16(19)11-15)10-17(22)20-12-18(2,23)13-21-6-8-24-9-7-21/h3-5,10-11,23H,6-9,12-13H2,1-2H3,(H,20,22). The van der Waals surface area contributed by atoms with Gasteiger partial charge in [0.05, 0.1) is 18.8 Å². The van der Waals surface area contributed by atoms with Crippen molar-refractivity contribution in [2.75, 3.05) is 39.4 Å². The first-order chi connectivity index (χ1) is 11.4. The first-order valence-electron chi connectivity index (χ1n) is 8.10. The third-order valence-corrected chi connectivity index (χ3v) is 3.94. The highest BCUT2D eigenvalue weighted by molar-refractivity contribution is 5.94. The van der Waals surface area contributed by atoms with Crippen LogP contribution in [-0.4, -0.2) is 60.9 Å². The fraction of sp³-hybridized carbons (Fsp3) is 0.500. The zero-order valence-electron chi connectivity index (χ0n) is 14.2. The largest absolute Gasteiger partial charge is 0.387 e. The number of ether oxygens (including phenoxy) is 1. The highest BCUT2D eigenvalue weighted by atomic mass is 19.1. The van der Waals surface area contributed by atoms with Gasteiger partial charge in [-0.15, -0.1) is 0 Å². The summed E-state index contributed by atoms with van der Waals surface area (Å²) in [4.78, 5) is 14.1. The molecule has 1 aliphatic rings. The summed E-state index contributed by atoms with van der Waals surface area (Å²) >= 11 is 0. The molecule has 1 aliphatic heterocycles. The summed E-state index contributed by atoms with van der Waals surface area (Å²) in [6.07, 6.45) is 1.42.